The first kappa shape index (κ1) is 16.6. The maximum atomic E-state index is 11.6. The van der Waals surface area contributed by atoms with Crippen LogP contribution in [-0.2, 0) is 9.53 Å². The van der Waals surface area contributed by atoms with Gasteiger partial charge in [-0.2, -0.15) is 0 Å². The summed E-state index contributed by atoms with van der Waals surface area (Å²) in [5.74, 6) is 0.558. The van der Waals surface area contributed by atoms with Gasteiger partial charge in [0.2, 0.25) is 0 Å². The van der Waals surface area contributed by atoms with Crippen molar-refractivity contribution in [1.82, 2.24) is 9.80 Å². The van der Waals surface area contributed by atoms with Crippen LogP contribution >= 0.6 is 0 Å². The summed E-state index contributed by atoms with van der Waals surface area (Å²) in [7, 11) is 0. The number of Topliss-reactive ketones (excluding diaryl/α,β-unsaturated/α-hetero) is 1. The molecule has 19 heavy (non-hydrogen) atoms. The van der Waals surface area contributed by atoms with Crippen molar-refractivity contribution in [3.63, 3.8) is 0 Å². The Morgan fingerprint density at radius 3 is 2.00 bits per heavy atom. The van der Waals surface area contributed by atoms with Gasteiger partial charge in [-0.3, -0.25) is 9.69 Å². The maximum absolute atomic E-state index is 11.6. The highest BCUT2D eigenvalue weighted by atomic mass is 16.5. The monoisotopic (exact) mass is 270 g/mol. The van der Waals surface area contributed by atoms with Crippen LogP contribution in [0.4, 0.5) is 0 Å². The number of carbonyl (C=O) groups is 1. The van der Waals surface area contributed by atoms with Gasteiger partial charge in [0, 0.05) is 51.6 Å². The number of piperazine rings is 1. The van der Waals surface area contributed by atoms with Crippen LogP contribution in [0.25, 0.3) is 0 Å². The second-order valence-corrected chi connectivity index (χ2v) is 5.97. The molecule has 1 heterocycles. The molecule has 0 aliphatic carbocycles. The third-order valence-corrected chi connectivity index (χ3v) is 3.64. The van der Waals surface area contributed by atoms with Crippen molar-refractivity contribution in [2.24, 2.45) is 5.92 Å². The standard InChI is InChI=1S/C15H30N2O2/c1-13(2)15(18)5-6-16-7-9-17(10-8-16)11-12-19-14(3)4/h13-14H,5-12H2,1-4H3. The highest BCUT2D eigenvalue weighted by Crippen LogP contribution is 2.05. The molecule has 1 aliphatic rings. The van der Waals surface area contributed by atoms with Gasteiger partial charge in [-0.15, -0.1) is 0 Å². The molecule has 0 unspecified atom stereocenters. The summed E-state index contributed by atoms with van der Waals surface area (Å²) in [5.41, 5.74) is 0. The minimum Gasteiger partial charge on any atom is -0.377 e. The predicted octanol–water partition coefficient (Wildman–Crippen LogP) is 1.64. The van der Waals surface area contributed by atoms with Crippen LogP contribution in [0.15, 0.2) is 0 Å². The first-order valence-corrected chi connectivity index (χ1v) is 7.58. The molecule has 0 amide bonds. The number of hydrogen-bond donors (Lipinski definition) is 0. The van der Waals surface area contributed by atoms with Gasteiger partial charge in [0.05, 0.1) is 12.7 Å². The van der Waals surface area contributed by atoms with Gasteiger partial charge in [-0.05, 0) is 13.8 Å². The molecule has 112 valence electrons. The molecule has 0 aromatic rings. The quantitative estimate of drug-likeness (QED) is 0.671. The molecular weight excluding hydrogens is 240 g/mol. The zero-order valence-electron chi connectivity index (χ0n) is 13.0. The fourth-order valence-electron chi connectivity index (χ4n) is 2.21. The van der Waals surface area contributed by atoms with Crippen molar-refractivity contribution >= 4 is 5.78 Å². The molecule has 1 rings (SSSR count). The lowest BCUT2D eigenvalue weighted by Crippen LogP contribution is -2.47. The lowest BCUT2D eigenvalue weighted by Gasteiger charge is -2.34. The van der Waals surface area contributed by atoms with Gasteiger partial charge in [0.1, 0.15) is 5.78 Å². The third kappa shape index (κ3) is 7.04. The Hall–Kier alpha value is -0.450. The number of carbonyl (C=O) groups excluding carboxylic acids is 1. The molecule has 0 saturated carbocycles. The van der Waals surface area contributed by atoms with Crippen molar-refractivity contribution in [1.29, 1.82) is 0 Å². The fraction of sp³-hybridized carbons (Fsp3) is 0.933. The van der Waals surface area contributed by atoms with E-state index in [0.29, 0.717) is 18.3 Å². The second-order valence-electron chi connectivity index (χ2n) is 5.97. The van der Waals surface area contributed by atoms with Crippen molar-refractivity contribution < 1.29 is 9.53 Å². The fourth-order valence-corrected chi connectivity index (χ4v) is 2.21. The average Bonchev–Trinajstić information content (AvgIpc) is 2.37. The van der Waals surface area contributed by atoms with Gasteiger partial charge >= 0.3 is 0 Å². The molecular formula is C15H30N2O2. The highest BCUT2D eigenvalue weighted by Gasteiger charge is 2.17. The van der Waals surface area contributed by atoms with Crippen molar-refractivity contribution in [3.8, 4) is 0 Å². The molecule has 0 aromatic heterocycles. The van der Waals surface area contributed by atoms with Gasteiger partial charge in [-0.25, -0.2) is 0 Å². The normalized spacial score (nSPS) is 18.4. The topological polar surface area (TPSA) is 32.8 Å². The van der Waals surface area contributed by atoms with Crippen LogP contribution in [0.1, 0.15) is 34.1 Å². The van der Waals surface area contributed by atoms with E-state index < -0.39 is 0 Å². The Morgan fingerprint density at radius 2 is 1.53 bits per heavy atom. The molecule has 0 spiro atoms. The lowest BCUT2D eigenvalue weighted by molar-refractivity contribution is -0.122. The van der Waals surface area contributed by atoms with Crippen LogP contribution < -0.4 is 0 Å². The zero-order valence-corrected chi connectivity index (χ0v) is 13.0. The van der Waals surface area contributed by atoms with E-state index in [0.717, 1.165) is 45.9 Å². The SMILES string of the molecule is CC(C)OCCN1CCN(CCC(=O)C(C)C)CC1. The Morgan fingerprint density at radius 1 is 1.00 bits per heavy atom. The summed E-state index contributed by atoms with van der Waals surface area (Å²) in [6.45, 7) is 15.2. The average molecular weight is 270 g/mol. The van der Waals surface area contributed by atoms with Gasteiger partial charge in [0.15, 0.2) is 0 Å². The molecule has 4 heteroatoms. The summed E-state index contributed by atoms with van der Waals surface area (Å²) in [6, 6.07) is 0. The summed E-state index contributed by atoms with van der Waals surface area (Å²) in [4.78, 5) is 16.5. The maximum Gasteiger partial charge on any atom is 0.136 e. The number of ketones is 1. The Balaban J connectivity index is 2.10. The molecule has 1 saturated heterocycles. The number of hydrogen-bond acceptors (Lipinski definition) is 4. The summed E-state index contributed by atoms with van der Waals surface area (Å²) < 4.78 is 5.58. The van der Waals surface area contributed by atoms with E-state index >= 15 is 0 Å². The van der Waals surface area contributed by atoms with Gasteiger partial charge < -0.3 is 9.64 Å². The van der Waals surface area contributed by atoms with E-state index in [9.17, 15) is 4.79 Å². The first-order valence-electron chi connectivity index (χ1n) is 7.58. The first-order chi connectivity index (χ1) is 8.99. The van der Waals surface area contributed by atoms with Crippen LogP contribution in [0.5, 0.6) is 0 Å². The molecule has 0 bridgehead atoms. The number of rotatable bonds is 8. The molecule has 0 N–H and O–H groups in total. The molecule has 0 atom stereocenters. The smallest absolute Gasteiger partial charge is 0.136 e. The third-order valence-electron chi connectivity index (χ3n) is 3.64. The Bertz CT molecular complexity index is 259. The van der Waals surface area contributed by atoms with E-state index in [4.69, 9.17) is 4.74 Å². The largest absolute Gasteiger partial charge is 0.377 e. The highest BCUT2D eigenvalue weighted by molar-refractivity contribution is 5.80. The molecule has 1 aliphatic heterocycles. The van der Waals surface area contributed by atoms with E-state index in [1.165, 1.54) is 0 Å². The molecule has 4 nitrogen and oxygen atoms in total. The summed E-state index contributed by atoms with van der Waals surface area (Å²) in [5, 5.41) is 0. The van der Waals surface area contributed by atoms with Crippen molar-refractivity contribution in [2.75, 3.05) is 45.9 Å². The minimum atomic E-state index is 0.175. The van der Waals surface area contributed by atoms with E-state index in [1.807, 2.05) is 13.8 Å². The zero-order chi connectivity index (χ0) is 14.3. The Kier molecular flexibility index (Phi) is 7.57. The van der Waals surface area contributed by atoms with E-state index in [2.05, 4.69) is 23.6 Å². The summed E-state index contributed by atoms with van der Waals surface area (Å²) in [6.07, 6.45) is 1.03. The summed E-state index contributed by atoms with van der Waals surface area (Å²) >= 11 is 0. The van der Waals surface area contributed by atoms with E-state index in [1.54, 1.807) is 0 Å². The van der Waals surface area contributed by atoms with Crippen LogP contribution in [0, 0.1) is 5.92 Å². The molecule has 0 radical (unpaired) electrons. The lowest BCUT2D eigenvalue weighted by atomic mass is 10.1. The second kappa shape index (κ2) is 8.67. The van der Waals surface area contributed by atoms with Crippen LogP contribution in [0.3, 0.4) is 0 Å². The van der Waals surface area contributed by atoms with Crippen LogP contribution in [-0.4, -0.2) is 67.6 Å². The minimum absolute atomic E-state index is 0.175. The van der Waals surface area contributed by atoms with E-state index in [-0.39, 0.29) is 5.92 Å². The van der Waals surface area contributed by atoms with Gasteiger partial charge in [-0.1, -0.05) is 13.8 Å². The van der Waals surface area contributed by atoms with Crippen molar-refractivity contribution in [3.05, 3.63) is 0 Å². The number of ether oxygens (including phenoxy) is 1. The van der Waals surface area contributed by atoms with Crippen molar-refractivity contribution in [2.45, 2.75) is 40.2 Å². The van der Waals surface area contributed by atoms with Crippen LogP contribution in [0.2, 0.25) is 0 Å². The predicted molar refractivity (Wildman–Crippen MR) is 78.4 cm³/mol. The Labute approximate surface area is 118 Å². The number of nitrogens with zero attached hydrogens (tertiary/aromatic N) is 2. The van der Waals surface area contributed by atoms with Gasteiger partial charge in [0.25, 0.3) is 0 Å². The molecule has 1 fully saturated rings. The molecule has 0 aromatic carbocycles.